The van der Waals surface area contributed by atoms with Gasteiger partial charge in [-0.2, -0.15) is 0 Å². The van der Waals surface area contributed by atoms with Gasteiger partial charge in [0, 0.05) is 31.0 Å². The molecule has 1 atom stereocenters. The maximum atomic E-state index is 12.8. The summed E-state index contributed by atoms with van der Waals surface area (Å²) >= 11 is 0. The standard InChI is InChI=1S/C20H23N3O2/c1-14(2)10-18(19(24)22-12-15-6-5-9-21-11-15)23-13-16-7-3-4-8-17(16)20(23)25/h3-9,11,14,18H,10,12-13H2,1-2H3,(H,22,24). The molecule has 0 fully saturated rings. The lowest BCUT2D eigenvalue weighted by Crippen LogP contribution is -2.47. The molecular formula is C20H23N3O2. The van der Waals surface area contributed by atoms with E-state index in [9.17, 15) is 9.59 Å². The van der Waals surface area contributed by atoms with Crippen molar-refractivity contribution in [2.45, 2.75) is 39.4 Å². The van der Waals surface area contributed by atoms with Gasteiger partial charge in [0.25, 0.3) is 5.91 Å². The minimum atomic E-state index is -0.462. The quantitative estimate of drug-likeness (QED) is 0.882. The third-order valence-electron chi connectivity index (χ3n) is 4.41. The van der Waals surface area contributed by atoms with Crippen molar-refractivity contribution < 1.29 is 9.59 Å². The number of pyridine rings is 1. The lowest BCUT2D eigenvalue weighted by Gasteiger charge is -2.28. The largest absolute Gasteiger partial charge is 0.350 e. The van der Waals surface area contributed by atoms with Crippen LogP contribution >= 0.6 is 0 Å². The Morgan fingerprint density at radius 1 is 1.24 bits per heavy atom. The Morgan fingerprint density at radius 3 is 2.72 bits per heavy atom. The van der Waals surface area contributed by atoms with Crippen LogP contribution in [0.3, 0.4) is 0 Å². The molecule has 25 heavy (non-hydrogen) atoms. The maximum absolute atomic E-state index is 12.8. The normalized spacial score (nSPS) is 14.5. The van der Waals surface area contributed by atoms with Gasteiger partial charge in [-0.15, -0.1) is 0 Å². The van der Waals surface area contributed by atoms with Crippen LogP contribution in [0.4, 0.5) is 0 Å². The first-order chi connectivity index (χ1) is 12.1. The van der Waals surface area contributed by atoms with Gasteiger partial charge in [-0.3, -0.25) is 14.6 Å². The van der Waals surface area contributed by atoms with E-state index in [1.165, 1.54) is 0 Å². The van der Waals surface area contributed by atoms with E-state index in [1.807, 2.05) is 36.4 Å². The molecule has 0 saturated heterocycles. The van der Waals surface area contributed by atoms with Crippen molar-refractivity contribution in [3.05, 3.63) is 65.5 Å². The summed E-state index contributed by atoms with van der Waals surface area (Å²) in [6.07, 6.45) is 4.07. The van der Waals surface area contributed by atoms with Crippen LogP contribution in [-0.4, -0.2) is 27.7 Å². The van der Waals surface area contributed by atoms with Crippen molar-refractivity contribution in [2.24, 2.45) is 5.92 Å². The zero-order valence-electron chi connectivity index (χ0n) is 14.6. The minimum absolute atomic E-state index is 0.0576. The average Bonchev–Trinajstić information content (AvgIpc) is 2.95. The van der Waals surface area contributed by atoms with Crippen LogP contribution in [-0.2, 0) is 17.9 Å². The molecule has 5 heteroatoms. The number of nitrogens with zero attached hydrogens (tertiary/aromatic N) is 2. The molecule has 0 bridgehead atoms. The van der Waals surface area contributed by atoms with Crippen LogP contribution in [0.1, 0.15) is 41.8 Å². The molecule has 1 unspecified atom stereocenters. The topological polar surface area (TPSA) is 62.3 Å². The van der Waals surface area contributed by atoms with Gasteiger partial charge < -0.3 is 10.2 Å². The van der Waals surface area contributed by atoms with Crippen LogP contribution in [0.25, 0.3) is 0 Å². The summed E-state index contributed by atoms with van der Waals surface area (Å²) in [6.45, 7) is 5.03. The first-order valence-corrected chi connectivity index (χ1v) is 8.61. The molecule has 3 rings (SSSR count). The van der Waals surface area contributed by atoms with Crippen molar-refractivity contribution in [3.8, 4) is 0 Å². The van der Waals surface area contributed by atoms with Crippen molar-refractivity contribution >= 4 is 11.8 Å². The van der Waals surface area contributed by atoms with Crippen molar-refractivity contribution in [2.75, 3.05) is 0 Å². The number of nitrogens with one attached hydrogen (secondary N) is 1. The summed E-state index contributed by atoms with van der Waals surface area (Å²) in [5.41, 5.74) is 2.63. The highest BCUT2D eigenvalue weighted by Gasteiger charge is 2.36. The molecule has 0 spiro atoms. The summed E-state index contributed by atoms with van der Waals surface area (Å²) in [5, 5.41) is 2.96. The highest BCUT2D eigenvalue weighted by Crippen LogP contribution is 2.26. The predicted molar refractivity (Wildman–Crippen MR) is 95.6 cm³/mol. The zero-order chi connectivity index (χ0) is 17.8. The van der Waals surface area contributed by atoms with Gasteiger partial charge in [0.1, 0.15) is 6.04 Å². The van der Waals surface area contributed by atoms with Crippen LogP contribution < -0.4 is 5.32 Å². The number of hydrogen-bond donors (Lipinski definition) is 1. The molecule has 2 aromatic rings. The third kappa shape index (κ3) is 3.87. The van der Waals surface area contributed by atoms with Gasteiger partial charge in [0.15, 0.2) is 0 Å². The number of fused-ring (bicyclic) bond motifs is 1. The number of carbonyl (C=O) groups is 2. The summed E-state index contributed by atoms with van der Waals surface area (Å²) in [5.74, 6) is 0.141. The van der Waals surface area contributed by atoms with E-state index in [2.05, 4.69) is 24.1 Å². The number of rotatable bonds is 6. The summed E-state index contributed by atoms with van der Waals surface area (Å²) in [7, 11) is 0. The summed E-state index contributed by atoms with van der Waals surface area (Å²) in [4.78, 5) is 31.3. The zero-order valence-corrected chi connectivity index (χ0v) is 14.6. The molecule has 1 aromatic carbocycles. The minimum Gasteiger partial charge on any atom is -0.350 e. The van der Waals surface area contributed by atoms with Crippen LogP contribution in [0.15, 0.2) is 48.8 Å². The lowest BCUT2D eigenvalue weighted by molar-refractivity contribution is -0.126. The summed E-state index contributed by atoms with van der Waals surface area (Å²) in [6, 6.07) is 10.9. The Labute approximate surface area is 148 Å². The van der Waals surface area contributed by atoms with E-state index in [-0.39, 0.29) is 11.8 Å². The highest BCUT2D eigenvalue weighted by atomic mass is 16.2. The van der Waals surface area contributed by atoms with Gasteiger partial charge in [0.2, 0.25) is 5.91 Å². The molecule has 1 aliphatic rings. The molecule has 5 nitrogen and oxygen atoms in total. The highest BCUT2D eigenvalue weighted by molar-refractivity contribution is 6.01. The first kappa shape index (κ1) is 17.1. The van der Waals surface area contributed by atoms with Crippen molar-refractivity contribution in [1.29, 1.82) is 0 Å². The van der Waals surface area contributed by atoms with Gasteiger partial charge >= 0.3 is 0 Å². The molecule has 130 valence electrons. The third-order valence-corrected chi connectivity index (χ3v) is 4.41. The Kier molecular flexibility index (Phi) is 5.12. The second-order valence-corrected chi connectivity index (χ2v) is 6.81. The second-order valence-electron chi connectivity index (χ2n) is 6.81. The average molecular weight is 337 g/mol. The Balaban J connectivity index is 1.74. The monoisotopic (exact) mass is 337 g/mol. The Hall–Kier alpha value is -2.69. The van der Waals surface area contributed by atoms with Crippen LogP contribution in [0.5, 0.6) is 0 Å². The van der Waals surface area contributed by atoms with Crippen molar-refractivity contribution in [1.82, 2.24) is 15.2 Å². The molecule has 1 aromatic heterocycles. The van der Waals surface area contributed by atoms with E-state index in [1.54, 1.807) is 17.3 Å². The molecule has 1 aliphatic heterocycles. The van der Waals surface area contributed by atoms with E-state index < -0.39 is 6.04 Å². The first-order valence-electron chi connectivity index (χ1n) is 8.61. The molecule has 1 N–H and O–H groups in total. The fourth-order valence-corrected chi connectivity index (χ4v) is 3.16. The predicted octanol–water partition coefficient (Wildman–Crippen LogP) is 2.77. The number of carbonyl (C=O) groups excluding carboxylic acids is 2. The van der Waals surface area contributed by atoms with E-state index in [0.717, 1.165) is 11.1 Å². The molecule has 0 aliphatic carbocycles. The summed E-state index contributed by atoms with van der Waals surface area (Å²) < 4.78 is 0. The Morgan fingerprint density at radius 2 is 2.04 bits per heavy atom. The number of benzene rings is 1. The van der Waals surface area contributed by atoms with Crippen LogP contribution in [0, 0.1) is 5.92 Å². The molecule has 0 saturated carbocycles. The lowest BCUT2D eigenvalue weighted by atomic mass is 10.0. The van der Waals surface area contributed by atoms with E-state index in [4.69, 9.17) is 0 Å². The fraction of sp³-hybridized carbons (Fsp3) is 0.350. The van der Waals surface area contributed by atoms with Gasteiger partial charge in [-0.05, 0) is 35.6 Å². The van der Waals surface area contributed by atoms with Gasteiger partial charge in [-0.1, -0.05) is 38.1 Å². The van der Waals surface area contributed by atoms with Gasteiger partial charge in [-0.25, -0.2) is 0 Å². The Bertz CT molecular complexity index is 759. The number of hydrogen-bond acceptors (Lipinski definition) is 3. The molecule has 0 radical (unpaired) electrons. The smallest absolute Gasteiger partial charge is 0.255 e. The van der Waals surface area contributed by atoms with Crippen LogP contribution in [0.2, 0.25) is 0 Å². The fourth-order valence-electron chi connectivity index (χ4n) is 3.16. The van der Waals surface area contributed by atoms with E-state index in [0.29, 0.717) is 31.0 Å². The molecule has 2 amide bonds. The van der Waals surface area contributed by atoms with Gasteiger partial charge in [0.05, 0.1) is 0 Å². The SMILES string of the molecule is CC(C)CC(C(=O)NCc1cccnc1)N1Cc2ccccc2C1=O. The molecular weight excluding hydrogens is 314 g/mol. The second kappa shape index (κ2) is 7.47. The number of amides is 2. The van der Waals surface area contributed by atoms with E-state index >= 15 is 0 Å². The molecule has 2 heterocycles. The maximum Gasteiger partial charge on any atom is 0.255 e. The van der Waals surface area contributed by atoms with Crippen molar-refractivity contribution in [3.63, 3.8) is 0 Å². The number of aromatic nitrogens is 1.